The number of hydrogen-bond acceptors (Lipinski definition) is 8. The zero-order chi connectivity index (χ0) is 31.7. The van der Waals surface area contributed by atoms with E-state index in [9.17, 15) is 18.8 Å². The minimum Gasteiger partial charge on any atom is -0.399 e. The monoisotopic (exact) mass is 634 g/mol. The van der Waals surface area contributed by atoms with Crippen molar-refractivity contribution in [1.82, 2.24) is 19.8 Å². The Morgan fingerprint density at radius 2 is 1.91 bits per heavy atom. The number of nitrogens with zero attached hydrogens (tertiary/aromatic N) is 3. The molecule has 0 spiro atoms. The van der Waals surface area contributed by atoms with Gasteiger partial charge >= 0.3 is 6.09 Å². The van der Waals surface area contributed by atoms with E-state index < -0.39 is 35.0 Å². The third-order valence-electron chi connectivity index (χ3n) is 8.04. The normalized spacial score (nSPS) is 16.5. The molecule has 0 radical (unpaired) electrons. The Balaban J connectivity index is 1.22. The number of carbonyl (C=O) groups excluding carboxylic acids is 2. The first-order valence-electron chi connectivity index (χ1n) is 14.8. The number of nitrogens with one attached hydrogen (secondary N) is 3. The van der Waals surface area contributed by atoms with E-state index in [1.54, 1.807) is 30.3 Å². The summed E-state index contributed by atoms with van der Waals surface area (Å²) < 4.78 is 37.1. The maximum absolute atomic E-state index is 15.7. The summed E-state index contributed by atoms with van der Waals surface area (Å²) in [5.41, 5.74) is 1.21. The lowest BCUT2D eigenvalue weighted by Gasteiger charge is -2.34. The number of anilines is 3. The molecular formula is C32H32F2N6O4S. The Kier molecular flexibility index (Phi) is 8.63. The molecule has 0 bridgehead atoms. The largest absolute Gasteiger partial charge is 0.418 e. The molecule has 3 heterocycles. The van der Waals surface area contributed by atoms with E-state index in [0.717, 1.165) is 60.8 Å². The Morgan fingerprint density at radius 1 is 1.13 bits per heavy atom. The molecular weight excluding hydrogens is 602 g/mol. The average Bonchev–Trinajstić information content (AvgIpc) is 3.44. The highest BCUT2D eigenvalue weighted by Gasteiger charge is 2.30. The lowest BCUT2D eigenvalue weighted by molar-refractivity contribution is -0.129. The topological polar surface area (TPSA) is 118 Å². The summed E-state index contributed by atoms with van der Waals surface area (Å²) in [6.45, 7) is 4.07. The highest BCUT2D eigenvalue weighted by molar-refractivity contribution is 7.14. The van der Waals surface area contributed by atoms with Crippen LogP contribution in [0.2, 0.25) is 0 Å². The minimum absolute atomic E-state index is 0.0357. The van der Waals surface area contributed by atoms with Crippen LogP contribution in [0.5, 0.6) is 5.06 Å². The number of likely N-dealkylation sites (N-methyl/N-ethyl adjacent to an activating group) is 1. The number of thiophene rings is 1. The molecule has 1 atom stereocenters. The van der Waals surface area contributed by atoms with E-state index in [-0.39, 0.29) is 23.0 Å². The molecule has 1 saturated heterocycles. The number of rotatable bonds is 7. The van der Waals surface area contributed by atoms with Gasteiger partial charge in [-0.2, -0.15) is 0 Å². The summed E-state index contributed by atoms with van der Waals surface area (Å²) in [7, 11) is 1.49. The minimum atomic E-state index is -1.06. The van der Waals surface area contributed by atoms with Crippen LogP contribution in [0.4, 0.5) is 30.8 Å². The van der Waals surface area contributed by atoms with Crippen molar-refractivity contribution >= 4 is 40.5 Å². The summed E-state index contributed by atoms with van der Waals surface area (Å²) in [6, 6.07) is 10.7. The SMILES string of the molecule is CCN1CCNC(=O)C1c1ccc(Nc2nc(-c3ccc(F)c(NC(=O)Oc4cc5c(s4)CCCC5)c3F)cn(C)c2=O)cc1. The summed E-state index contributed by atoms with van der Waals surface area (Å²) in [4.78, 5) is 45.7. The second-order valence-electron chi connectivity index (χ2n) is 11.0. The number of carbonyl (C=O) groups is 2. The maximum Gasteiger partial charge on any atom is 0.418 e. The van der Waals surface area contributed by atoms with E-state index in [1.165, 1.54) is 35.2 Å². The van der Waals surface area contributed by atoms with E-state index in [1.807, 2.05) is 6.92 Å². The molecule has 2 aliphatic rings. The number of amides is 2. The van der Waals surface area contributed by atoms with Crippen molar-refractivity contribution in [1.29, 1.82) is 0 Å². The van der Waals surface area contributed by atoms with Crippen LogP contribution in [0.25, 0.3) is 11.3 Å². The number of aryl methyl sites for hydroxylation is 3. The summed E-state index contributed by atoms with van der Waals surface area (Å²) in [5.74, 6) is -2.21. The van der Waals surface area contributed by atoms with E-state index in [0.29, 0.717) is 17.3 Å². The van der Waals surface area contributed by atoms with E-state index >= 15 is 4.39 Å². The van der Waals surface area contributed by atoms with Gasteiger partial charge in [-0.1, -0.05) is 19.1 Å². The number of aromatic nitrogens is 2. The fraction of sp³-hybridized carbons (Fsp3) is 0.312. The van der Waals surface area contributed by atoms with Gasteiger partial charge in [0.15, 0.2) is 16.7 Å². The fourth-order valence-corrected chi connectivity index (χ4v) is 6.82. The number of benzene rings is 2. The van der Waals surface area contributed by atoms with Gasteiger partial charge in [0.05, 0.1) is 5.69 Å². The lowest BCUT2D eigenvalue weighted by Crippen LogP contribution is -2.49. The van der Waals surface area contributed by atoms with Crippen LogP contribution in [0.15, 0.2) is 53.5 Å². The maximum atomic E-state index is 15.7. The smallest absolute Gasteiger partial charge is 0.399 e. The molecule has 234 valence electrons. The number of ether oxygens (including phenoxy) is 1. The van der Waals surface area contributed by atoms with Crippen LogP contribution in [0.3, 0.4) is 0 Å². The van der Waals surface area contributed by atoms with Crippen molar-refractivity contribution < 1.29 is 23.1 Å². The molecule has 10 nitrogen and oxygen atoms in total. The zero-order valence-corrected chi connectivity index (χ0v) is 25.6. The van der Waals surface area contributed by atoms with Gasteiger partial charge in [-0.15, -0.1) is 11.3 Å². The second kappa shape index (κ2) is 12.8. The van der Waals surface area contributed by atoms with E-state index in [4.69, 9.17) is 4.74 Å². The van der Waals surface area contributed by atoms with E-state index in [2.05, 4.69) is 25.8 Å². The number of hydrogen-bond donors (Lipinski definition) is 3. The van der Waals surface area contributed by atoms with Gasteiger partial charge in [0, 0.05) is 42.5 Å². The van der Waals surface area contributed by atoms with Crippen LogP contribution < -0.4 is 26.2 Å². The van der Waals surface area contributed by atoms with Crippen molar-refractivity contribution in [3.63, 3.8) is 0 Å². The predicted molar refractivity (Wildman–Crippen MR) is 168 cm³/mol. The van der Waals surface area contributed by atoms with Crippen LogP contribution in [0.1, 0.15) is 41.8 Å². The van der Waals surface area contributed by atoms with Crippen LogP contribution >= 0.6 is 11.3 Å². The summed E-state index contributed by atoms with van der Waals surface area (Å²) >= 11 is 1.36. The van der Waals surface area contributed by atoms with Crippen molar-refractivity contribution in [3.05, 3.63) is 86.7 Å². The Hall–Kier alpha value is -4.62. The highest BCUT2D eigenvalue weighted by Crippen LogP contribution is 2.35. The Labute approximate surface area is 262 Å². The van der Waals surface area contributed by atoms with Crippen LogP contribution in [-0.2, 0) is 24.7 Å². The molecule has 6 rings (SSSR count). The molecule has 0 saturated carbocycles. The van der Waals surface area contributed by atoms with Gasteiger partial charge in [0.2, 0.25) is 5.91 Å². The Morgan fingerprint density at radius 3 is 2.67 bits per heavy atom. The van der Waals surface area contributed by atoms with Crippen molar-refractivity contribution in [3.8, 4) is 16.3 Å². The van der Waals surface area contributed by atoms with Gasteiger partial charge in [-0.3, -0.25) is 19.8 Å². The average molecular weight is 635 g/mol. The molecule has 13 heteroatoms. The first kappa shape index (κ1) is 30.4. The molecule has 2 aromatic heterocycles. The first-order valence-corrected chi connectivity index (χ1v) is 15.6. The van der Waals surface area contributed by atoms with Crippen LogP contribution in [-0.4, -0.2) is 46.1 Å². The van der Waals surface area contributed by atoms with Gasteiger partial charge in [-0.25, -0.2) is 18.6 Å². The van der Waals surface area contributed by atoms with Gasteiger partial charge in [0.1, 0.15) is 17.5 Å². The molecule has 2 aromatic carbocycles. The summed E-state index contributed by atoms with van der Waals surface area (Å²) in [6.07, 6.45) is 4.28. The van der Waals surface area contributed by atoms with Crippen molar-refractivity contribution in [2.45, 2.75) is 38.6 Å². The Bertz CT molecular complexity index is 1800. The van der Waals surface area contributed by atoms with Crippen molar-refractivity contribution in [2.75, 3.05) is 30.3 Å². The molecule has 1 fully saturated rings. The van der Waals surface area contributed by atoms with Gasteiger partial charge in [0.25, 0.3) is 5.56 Å². The zero-order valence-electron chi connectivity index (χ0n) is 24.8. The molecule has 4 aromatic rings. The number of piperazine rings is 1. The third-order valence-corrected chi connectivity index (χ3v) is 9.15. The molecule has 45 heavy (non-hydrogen) atoms. The van der Waals surface area contributed by atoms with Crippen LogP contribution in [0, 0.1) is 11.6 Å². The molecule has 1 aliphatic carbocycles. The fourth-order valence-electron chi connectivity index (χ4n) is 5.72. The van der Waals surface area contributed by atoms with Crippen molar-refractivity contribution in [2.24, 2.45) is 7.05 Å². The first-order chi connectivity index (χ1) is 21.7. The van der Waals surface area contributed by atoms with Gasteiger partial charge < -0.3 is 19.9 Å². The molecule has 1 unspecified atom stereocenters. The molecule has 1 aliphatic heterocycles. The number of fused-ring (bicyclic) bond motifs is 1. The predicted octanol–water partition coefficient (Wildman–Crippen LogP) is 5.51. The third kappa shape index (κ3) is 6.31. The van der Waals surface area contributed by atoms with Gasteiger partial charge in [-0.05, 0) is 73.7 Å². The molecule has 2 amide bonds. The highest BCUT2D eigenvalue weighted by atomic mass is 32.1. The lowest BCUT2D eigenvalue weighted by atomic mass is 10.00. The standard InChI is InChI=1S/C32H32F2N6O4S/c1-3-40-15-14-35-30(41)28(40)18-8-10-20(11-9-18)36-29-31(42)39(2)17-23(37-29)21-12-13-22(33)27(26(21)34)38-32(43)44-25-16-19-6-4-5-7-24(19)45-25/h8-13,16-17,28H,3-7,14-15H2,1-2H3,(H,35,41)(H,36,37)(H,38,43). The number of halogens is 2. The molecule has 3 N–H and O–H groups in total. The second-order valence-corrected chi connectivity index (χ2v) is 12.1. The summed E-state index contributed by atoms with van der Waals surface area (Å²) in [5, 5.41) is 8.42. The quantitative estimate of drug-likeness (QED) is 0.245.